The second-order valence-electron chi connectivity index (χ2n) is 5.38. The third-order valence-electron chi connectivity index (χ3n) is 3.52. The minimum absolute atomic E-state index is 0.106. The van der Waals surface area contributed by atoms with Gasteiger partial charge in [-0.25, -0.2) is 4.79 Å². The number of aryl methyl sites for hydroxylation is 1. The van der Waals surface area contributed by atoms with E-state index in [0.29, 0.717) is 11.3 Å². The molecule has 0 aliphatic rings. The van der Waals surface area contributed by atoms with Crippen LogP contribution in [0.25, 0.3) is 0 Å². The molecule has 14 heteroatoms. The summed E-state index contributed by atoms with van der Waals surface area (Å²) in [4.78, 5) is 23.6. The van der Waals surface area contributed by atoms with Gasteiger partial charge in [-0.2, -0.15) is 39.5 Å². The van der Waals surface area contributed by atoms with Crippen molar-refractivity contribution in [2.24, 2.45) is 0 Å². The van der Waals surface area contributed by atoms with Gasteiger partial charge >= 0.3 is 35.8 Å². The number of carbonyl (C=O) groups excluding carboxylic acids is 2. The average Bonchev–Trinajstić information content (AvgIpc) is 2.80. The molecule has 0 spiro atoms. The fourth-order valence-electron chi connectivity index (χ4n) is 1.86. The molecule has 0 unspecified atom stereocenters. The number of anilines is 1. The van der Waals surface area contributed by atoms with Crippen molar-refractivity contribution in [3.8, 4) is 0 Å². The first-order valence-electron chi connectivity index (χ1n) is 7.22. The molecule has 0 saturated heterocycles. The van der Waals surface area contributed by atoms with Crippen LogP contribution in [0.4, 0.5) is 44.5 Å². The summed E-state index contributed by atoms with van der Waals surface area (Å²) in [5, 5.41) is 0.370. The molecule has 0 fully saturated rings. The standard InChI is InChI=1S/C14H12F9NO3S/c1-4-27-9(25)7-5(2)6(3)28-8(7)24-10(26)11(15,16)12(17,18)13(19,20)14(21,22)23/h4H2,1-3H3,(H,24,26). The van der Waals surface area contributed by atoms with Crippen LogP contribution < -0.4 is 5.32 Å². The van der Waals surface area contributed by atoms with Crippen molar-refractivity contribution in [2.75, 3.05) is 11.9 Å². The van der Waals surface area contributed by atoms with Gasteiger partial charge in [0.2, 0.25) is 0 Å². The van der Waals surface area contributed by atoms with E-state index in [1.165, 1.54) is 20.8 Å². The van der Waals surface area contributed by atoms with E-state index in [4.69, 9.17) is 0 Å². The number of esters is 1. The molecular weight excluding hydrogens is 433 g/mol. The van der Waals surface area contributed by atoms with Crippen molar-refractivity contribution in [3.05, 3.63) is 16.0 Å². The predicted molar refractivity (Wildman–Crippen MR) is 79.3 cm³/mol. The molecule has 1 aromatic rings. The quantitative estimate of drug-likeness (QED) is 0.498. The lowest BCUT2D eigenvalue weighted by molar-refractivity contribution is -0.388. The first kappa shape index (κ1) is 24.0. The summed E-state index contributed by atoms with van der Waals surface area (Å²) in [6, 6.07) is 0. The van der Waals surface area contributed by atoms with Crippen molar-refractivity contribution < 1.29 is 53.8 Å². The summed E-state index contributed by atoms with van der Waals surface area (Å²) >= 11 is 0.443. The molecule has 1 amide bonds. The SMILES string of the molecule is CCOC(=O)c1c(NC(=O)C(F)(F)C(F)(F)C(F)(F)C(F)(F)F)sc(C)c1C. The molecule has 0 aromatic carbocycles. The van der Waals surface area contributed by atoms with Crippen LogP contribution >= 0.6 is 11.3 Å². The first-order chi connectivity index (χ1) is 12.4. The normalized spacial score (nSPS) is 13.4. The third kappa shape index (κ3) is 3.78. The molecule has 160 valence electrons. The van der Waals surface area contributed by atoms with Crippen LogP contribution in [0.3, 0.4) is 0 Å². The highest BCUT2D eigenvalue weighted by Crippen LogP contribution is 2.53. The van der Waals surface area contributed by atoms with Crippen LogP contribution in [0.2, 0.25) is 0 Å². The van der Waals surface area contributed by atoms with Gasteiger partial charge in [-0.15, -0.1) is 11.3 Å². The van der Waals surface area contributed by atoms with Crippen LogP contribution in [0.5, 0.6) is 0 Å². The average molecular weight is 445 g/mol. The van der Waals surface area contributed by atoms with Gasteiger partial charge in [0.1, 0.15) is 5.00 Å². The largest absolute Gasteiger partial charge is 0.462 e. The minimum atomic E-state index is -7.20. The summed E-state index contributed by atoms with van der Waals surface area (Å²) in [5.41, 5.74) is -0.408. The highest BCUT2D eigenvalue weighted by molar-refractivity contribution is 7.16. The van der Waals surface area contributed by atoms with Gasteiger partial charge < -0.3 is 10.1 Å². The molecule has 28 heavy (non-hydrogen) atoms. The molecule has 0 radical (unpaired) electrons. The Labute approximate surface area is 155 Å². The number of carbonyl (C=O) groups is 2. The van der Waals surface area contributed by atoms with Crippen molar-refractivity contribution >= 4 is 28.2 Å². The molecule has 1 heterocycles. The van der Waals surface area contributed by atoms with Crippen LogP contribution in [-0.4, -0.2) is 42.4 Å². The van der Waals surface area contributed by atoms with Gasteiger partial charge in [0.05, 0.1) is 12.2 Å². The lowest BCUT2D eigenvalue weighted by atomic mass is 10.0. The van der Waals surface area contributed by atoms with Gasteiger partial charge in [-0.1, -0.05) is 0 Å². The van der Waals surface area contributed by atoms with E-state index in [2.05, 4.69) is 4.74 Å². The Balaban J connectivity index is 3.34. The van der Waals surface area contributed by atoms with Crippen LogP contribution in [0.1, 0.15) is 27.7 Å². The molecule has 0 bridgehead atoms. The summed E-state index contributed by atoms with van der Waals surface area (Å²) < 4.78 is 121. The van der Waals surface area contributed by atoms with E-state index in [1.807, 2.05) is 0 Å². The Morgan fingerprint density at radius 1 is 0.964 bits per heavy atom. The van der Waals surface area contributed by atoms with Gasteiger partial charge in [-0.3, -0.25) is 4.79 Å². The Morgan fingerprint density at radius 2 is 1.46 bits per heavy atom. The number of rotatable bonds is 6. The molecule has 1 rings (SSSR count). The van der Waals surface area contributed by atoms with Crippen molar-refractivity contribution in [1.82, 2.24) is 0 Å². The van der Waals surface area contributed by atoms with E-state index >= 15 is 0 Å². The number of amides is 1. The van der Waals surface area contributed by atoms with Gasteiger partial charge in [-0.05, 0) is 26.3 Å². The lowest BCUT2D eigenvalue weighted by Crippen LogP contribution is -2.64. The highest BCUT2D eigenvalue weighted by Gasteiger charge is 2.83. The Kier molecular flexibility index (Phi) is 6.39. The maximum absolute atomic E-state index is 13.6. The van der Waals surface area contributed by atoms with E-state index in [1.54, 1.807) is 0 Å². The monoisotopic (exact) mass is 445 g/mol. The van der Waals surface area contributed by atoms with E-state index in [0.717, 1.165) is 5.32 Å². The van der Waals surface area contributed by atoms with E-state index in [9.17, 15) is 49.1 Å². The third-order valence-corrected chi connectivity index (χ3v) is 4.64. The molecular formula is C14H12F9NO3S. The maximum atomic E-state index is 13.6. The van der Waals surface area contributed by atoms with Crippen molar-refractivity contribution in [1.29, 1.82) is 0 Å². The zero-order valence-corrected chi connectivity index (χ0v) is 15.1. The van der Waals surface area contributed by atoms with E-state index in [-0.39, 0.29) is 17.0 Å². The maximum Gasteiger partial charge on any atom is 0.460 e. The number of thiophene rings is 1. The number of halogens is 9. The number of hydrogen-bond acceptors (Lipinski definition) is 4. The number of hydrogen-bond donors (Lipinski definition) is 1. The molecule has 1 aromatic heterocycles. The summed E-state index contributed by atoms with van der Waals surface area (Å²) in [7, 11) is 0. The van der Waals surface area contributed by atoms with Crippen molar-refractivity contribution in [2.45, 2.75) is 44.7 Å². The molecule has 0 atom stereocenters. The fraction of sp³-hybridized carbons (Fsp3) is 0.571. The lowest BCUT2D eigenvalue weighted by Gasteiger charge is -2.32. The smallest absolute Gasteiger partial charge is 0.460 e. The van der Waals surface area contributed by atoms with Crippen LogP contribution in [0, 0.1) is 13.8 Å². The number of alkyl halides is 9. The Bertz CT molecular complexity index is 771. The summed E-state index contributed by atoms with van der Waals surface area (Å²) in [6.07, 6.45) is -7.05. The second-order valence-corrected chi connectivity index (χ2v) is 6.61. The molecule has 0 saturated carbocycles. The second kappa shape index (κ2) is 7.44. The number of nitrogens with one attached hydrogen (secondary N) is 1. The first-order valence-corrected chi connectivity index (χ1v) is 8.03. The zero-order valence-electron chi connectivity index (χ0n) is 14.2. The topological polar surface area (TPSA) is 55.4 Å². The van der Waals surface area contributed by atoms with E-state index < -0.39 is 46.4 Å². The highest BCUT2D eigenvalue weighted by atomic mass is 32.1. The Morgan fingerprint density at radius 3 is 1.89 bits per heavy atom. The van der Waals surface area contributed by atoms with Crippen molar-refractivity contribution in [3.63, 3.8) is 0 Å². The fourth-order valence-corrected chi connectivity index (χ4v) is 2.91. The summed E-state index contributed by atoms with van der Waals surface area (Å²) in [5.74, 6) is -25.1. The number of ether oxygens (including phenoxy) is 1. The van der Waals surface area contributed by atoms with Gasteiger partial charge in [0, 0.05) is 4.88 Å². The summed E-state index contributed by atoms with van der Waals surface area (Å²) in [6.45, 7) is 3.83. The predicted octanol–water partition coefficient (Wildman–Crippen LogP) is 4.95. The van der Waals surface area contributed by atoms with Crippen LogP contribution in [-0.2, 0) is 9.53 Å². The zero-order chi connectivity index (χ0) is 22.3. The van der Waals surface area contributed by atoms with Gasteiger partial charge in [0.15, 0.2) is 0 Å². The molecule has 0 aliphatic heterocycles. The Hall–Kier alpha value is -1.99. The molecule has 4 nitrogen and oxygen atoms in total. The van der Waals surface area contributed by atoms with Crippen LogP contribution in [0.15, 0.2) is 0 Å². The van der Waals surface area contributed by atoms with Gasteiger partial charge in [0.25, 0.3) is 0 Å². The molecule has 1 N–H and O–H groups in total. The minimum Gasteiger partial charge on any atom is -0.462 e. The molecule has 0 aliphatic carbocycles.